The molecule has 2 unspecified atom stereocenters. The summed E-state index contributed by atoms with van der Waals surface area (Å²) in [7, 11) is 0. The molecule has 2 heterocycles. The summed E-state index contributed by atoms with van der Waals surface area (Å²) in [5, 5.41) is 1.77. The molecule has 0 saturated heterocycles. The molecular weight excluding hydrogens is 392 g/mol. The highest BCUT2D eigenvalue weighted by atomic mass is 35.5. The number of ketones is 1. The van der Waals surface area contributed by atoms with Crippen molar-refractivity contribution in [2.75, 3.05) is 0 Å². The lowest BCUT2D eigenvalue weighted by Gasteiger charge is -2.25. The van der Waals surface area contributed by atoms with Gasteiger partial charge < -0.3 is 4.57 Å². The molecule has 0 aliphatic heterocycles. The number of benzene rings is 2. The maximum Gasteiger partial charge on any atom is 0.185 e. The highest BCUT2D eigenvalue weighted by Gasteiger charge is 2.30. The molecule has 3 nitrogen and oxygen atoms in total. The summed E-state index contributed by atoms with van der Waals surface area (Å²) in [5.74, 6) is 0.156. The zero-order chi connectivity index (χ0) is 20.7. The first-order chi connectivity index (χ1) is 14.7. The van der Waals surface area contributed by atoms with Gasteiger partial charge in [0.15, 0.2) is 24.2 Å². The quantitative estimate of drug-likeness (QED) is 0.378. The van der Waals surface area contributed by atoms with Gasteiger partial charge in [-0.15, -0.1) is 0 Å². The van der Waals surface area contributed by atoms with E-state index in [4.69, 9.17) is 11.6 Å². The first kappa shape index (κ1) is 19.1. The third kappa shape index (κ3) is 3.23. The second-order valence-electron chi connectivity index (χ2n) is 8.01. The summed E-state index contributed by atoms with van der Waals surface area (Å²) in [5.41, 5.74) is 4.27. The number of hydrogen-bond acceptors (Lipinski definition) is 1. The Bertz CT molecular complexity index is 1230. The molecule has 0 saturated carbocycles. The topological polar surface area (TPSA) is 25.9 Å². The zero-order valence-corrected chi connectivity index (χ0v) is 17.7. The predicted octanol–water partition coefficient (Wildman–Crippen LogP) is 5.95. The van der Waals surface area contributed by atoms with Crippen LogP contribution in [-0.2, 0) is 6.42 Å². The summed E-state index contributed by atoms with van der Waals surface area (Å²) in [6.07, 6.45) is 9.11. The Balaban J connectivity index is 1.51. The molecular formula is C26H24ClN2O+. The molecule has 0 radical (unpaired) electrons. The largest absolute Gasteiger partial charge is 0.336 e. The van der Waals surface area contributed by atoms with Crippen molar-refractivity contribution < 1.29 is 9.36 Å². The molecule has 0 N–H and O–H groups in total. The van der Waals surface area contributed by atoms with Crippen LogP contribution in [-0.4, -0.2) is 10.4 Å². The Hall–Kier alpha value is -2.91. The second-order valence-corrected chi connectivity index (χ2v) is 8.45. The van der Waals surface area contributed by atoms with Crippen molar-refractivity contribution in [3.05, 3.63) is 101 Å². The number of carbonyl (C=O) groups excluding carboxylic acids is 1. The number of pyridine rings is 1. The zero-order valence-electron chi connectivity index (χ0n) is 17.0. The van der Waals surface area contributed by atoms with E-state index in [1.165, 1.54) is 5.56 Å². The van der Waals surface area contributed by atoms with Gasteiger partial charge in [-0.3, -0.25) is 4.79 Å². The number of aryl methyl sites for hydroxylation is 1. The minimum atomic E-state index is -0.180. The van der Waals surface area contributed by atoms with Gasteiger partial charge in [0, 0.05) is 34.8 Å². The number of rotatable bonds is 4. The van der Waals surface area contributed by atoms with Gasteiger partial charge in [-0.1, -0.05) is 54.9 Å². The molecule has 0 bridgehead atoms. The summed E-state index contributed by atoms with van der Waals surface area (Å²) >= 11 is 6.16. The summed E-state index contributed by atoms with van der Waals surface area (Å²) < 4.78 is 4.41. The van der Waals surface area contributed by atoms with Crippen LogP contribution in [0.4, 0.5) is 0 Å². The maximum absolute atomic E-state index is 13.2. The average Bonchev–Trinajstić information content (AvgIpc) is 3.19. The van der Waals surface area contributed by atoms with Gasteiger partial charge in [0.25, 0.3) is 0 Å². The van der Waals surface area contributed by atoms with Crippen molar-refractivity contribution in [3.8, 4) is 0 Å². The molecule has 2 aromatic heterocycles. The third-order valence-corrected chi connectivity index (χ3v) is 6.51. The van der Waals surface area contributed by atoms with Gasteiger partial charge >= 0.3 is 0 Å². The molecule has 30 heavy (non-hydrogen) atoms. The van der Waals surface area contributed by atoms with Crippen LogP contribution in [0.15, 0.2) is 79.3 Å². The molecule has 2 aromatic carbocycles. The Morgan fingerprint density at radius 1 is 1.13 bits per heavy atom. The molecule has 150 valence electrons. The van der Waals surface area contributed by atoms with Crippen molar-refractivity contribution in [2.24, 2.45) is 0 Å². The van der Waals surface area contributed by atoms with Crippen molar-refractivity contribution in [3.63, 3.8) is 0 Å². The van der Waals surface area contributed by atoms with Crippen molar-refractivity contribution in [1.29, 1.82) is 0 Å². The minimum absolute atomic E-state index is 0.156. The highest BCUT2D eigenvalue weighted by molar-refractivity contribution is 6.31. The lowest BCUT2D eigenvalue weighted by Crippen LogP contribution is -2.39. The van der Waals surface area contributed by atoms with E-state index in [0.29, 0.717) is 11.1 Å². The molecule has 1 aliphatic rings. The first-order valence-corrected chi connectivity index (χ1v) is 10.9. The smallest absolute Gasteiger partial charge is 0.185 e. The van der Waals surface area contributed by atoms with E-state index < -0.39 is 0 Å². The van der Waals surface area contributed by atoms with Gasteiger partial charge in [0.1, 0.15) is 0 Å². The van der Waals surface area contributed by atoms with E-state index in [-0.39, 0.29) is 11.8 Å². The molecule has 5 rings (SSSR count). The molecule has 0 spiro atoms. The number of halogens is 1. The Morgan fingerprint density at radius 2 is 1.97 bits per heavy atom. The van der Waals surface area contributed by atoms with Crippen LogP contribution < -0.4 is 4.57 Å². The van der Waals surface area contributed by atoms with Crippen molar-refractivity contribution in [1.82, 2.24) is 4.57 Å². The van der Waals surface area contributed by atoms with E-state index >= 15 is 0 Å². The maximum atomic E-state index is 13.2. The van der Waals surface area contributed by atoms with Crippen LogP contribution >= 0.6 is 11.6 Å². The minimum Gasteiger partial charge on any atom is -0.336 e. The Morgan fingerprint density at radius 3 is 2.77 bits per heavy atom. The SMILES string of the molecule is CCC(c1ccccc1)[n+]1ccc2c(ccn2C2CCc3ccc(Cl)cc3C2=O)c1. The van der Waals surface area contributed by atoms with Gasteiger partial charge in [0.05, 0.1) is 16.9 Å². The average molecular weight is 416 g/mol. The third-order valence-electron chi connectivity index (χ3n) is 6.28. The van der Waals surface area contributed by atoms with Gasteiger partial charge in [-0.05, 0) is 36.6 Å². The second kappa shape index (κ2) is 7.73. The number of aromatic nitrogens is 2. The van der Waals surface area contributed by atoms with Crippen LogP contribution in [0.1, 0.15) is 53.3 Å². The fraction of sp³-hybridized carbons (Fsp3) is 0.231. The van der Waals surface area contributed by atoms with Crippen molar-refractivity contribution in [2.45, 2.75) is 38.3 Å². The van der Waals surface area contributed by atoms with Gasteiger partial charge in [-0.2, -0.15) is 4.57 Å². The molecule has 2 atom stereocenters. The lowest BCUT2D eigenvalue weighted by molar-refractivity contribution is -0.712. The molecule has 4 heteroatoms. The fourth-order valence-electron chi connectivity index (χ4n) is 4.75. The van der Waals surface area contributed by atoms with Gasteiger partial charge in [-0.25, -0.2) is 0 Å². The van der Waals surface area contributed by atoms with Crippen LogP contribution in [0.25, 0.3) is 10.9 Å². The molecule has 0 amide bonds. The van der Waals surface area contributed by atoms with Crippen LogP contribution in [0.3, 0.4) is 0 Å². The molecule has 4 aromatic rings. The van der Waals surface area contributed by atoms with E-state index in [9.17, 15) is 4.79 Å². The van der Waals surface area contributed by atoms with E-state index in [1.807, 2.05) is 18.2 Å². The molecule has 1 aliphatic carbocycles. The normalized spacial score (nSPS) is 17.1. The summed E-state index contributed by atoms with van der Waals surface area (Å²) in [6, 6.07) is 20.6. The number of nitrogens with zero attached hydrogens (tertiary/aromatic N) is 2. The summed E-state index contributed by atoms with van der Waals surface area (Å²) in [4.78, 5) is 13.2. The van der Waals surface area contributed by atoms with E-state index in [0.717, 1.165) is 41.3 Å². The van der Waals surface area contributed by atoms with Crippen molar-refractivity contribution >= 4 is 28.3 Å². The summed E-state index contributed by atoms with van der Waals surface area (Å²) in [6.45, 7) is 2.21. The van der Waals surface area contributed by atoms with E-state index in [1.54, 1.807) is 0 Å². The van der Waals surface area contributed by atoms with Crippen LogP contribution in [0.5, 0.6) is 0 Å². The Labute approximate surface area is 181 Å². The van der Waals surface area contributed by atoms with E-state index in [2.05, 4.69) is 77.1 Å². The Kier molecular flexibility index (Phi) is 4.92. The monoisotopic (exact) mass is 415 g/mol. The van der Waals surface area contributed by atoms with Gasteiger partial charge in [0.2, 0.25) is 0 Å². The predicted molar refractivity (Wildman–Crippen MR) is 120 cm³/mol. The number of hydrogen-bond donors (Lipinski definition) is 0. The number of fused-ring (bicyclic) bond motifs is 2. The van der Waals surface area contributed by atoms with Crippen LogP contribution in [0.2, 0.25) is 5.02 Å². The number of Topliss-reactive ketones (excluding diaryl/α,β-unsaturated/α-hetero) is 1. The standard InChI is InChI=1S/C26H24ClN2O/c1-2-23(19-6-4-3-5-7-19)28-14-13-24-20(17-28)12-15-29(24)25-11-9-18-8-10-21(27)16-22(18)26(25)30/h3-8,10,12-17,23,25H,2,9,11H2,1H3/q+1. The highest BCUT2D eigenvalue weighted by Crippen LogP contribution is 2.33. The number of carbonyl (C=O) groups is 1. The first-order valence-electron chi connectivity index (χ1n) is 10.5. The van der Waals surface area contributed by atoms with Crippen LogP contribution in [0, 0.1) is 0 Å². The fourth-order valence-corrected chi connectivity index (χ4v) is 4.92. The molecule has 0 fully saturated rings. The lowest BCUT2D eigenvalue weighted by atomic mass is 9.87.